The Morgan fingerprint density at radius 2 is 1.96 bits per heavy atom. The largest absolute Gasteiger partial charge is 0.468 e. The summed E-state index contributed by atoms with van der Waals surface area (Å²) in [5.74, 6) is 1.64. The summed E-state index contributed by atoms with van der Waals surface area (Å²) < 4.78 is 5.65. The lowest BCUT2D eigenvalue weighted by Crippen LogP contribution is -2.47. The molecule has 28 heavy (non-hydrogen) atoms. The van der Waals surface area contributed by atoms with Crippen molar-refractivity contribution < 1.29 is 9.21 Å². The summed E-state index contributed by atoms with van der Waals surface area (Å²) in [6, 6.07) is 4.47. The number of furan rings is 1. The SMILES string of the molecule is CN=C(NCC(=O)NC1CCCCC1)NCC(c1ccco1)N1CCCC1.I. The van der Waals surface area contributed by atoms with Crippen LogP contribution in [0.15, 0.2) is 27.8 Å². The highest BCUT2D eigenvalue weighted by Crippen LogP contribution is 2.24. The summed E-state index contributed by atoms with van der Waals surface area (Å²) in [6.07, 6.45) is 10.1. The van der Waals surface area contributed by atoms with Gasteiger partial charge in [0.05, 0.1) is 18.8 Å². The molecule has 1 unspecified atom stereocenters. The van der Waals surface area contributed by atoms with Gasteiger partial charge in [0.25, 0.3) is 0 Å². The van der Waals surface area contributed by atoms with Gasteiger partial charge in [0.1, 0.15) is 5.76 Å². The van der Waals surface area contributed by atoms with Crippen LogP contribution in [0.5, 0.6) is 0 Å². The highest BCUT2D eigenvalue weighted by molar-refractivity contribution is 14.0. The van der Waals surface area contributed by atoms with Gasteiger partial charge in [-0.3, -0.25) is 14.7 Å². The number of hydrogen-bond acceptors (Lipinski definition) is 4. The van der Waals surface area contributed by atoms with Gasteiger partial charge in [-0.25, -0.2) is 0 Å². The minimum Gasteiger partial charge on any atom is -0.468 e. The number of aliphatic imine (C=N–C) groups is 1. The third-order valence-electron chi connectivity index (χ3n) is 5.53. The Kier molecular flexibility index (Phi) is 10.1. The average Bonchev–Trinajstić information content (AvgIpc) is 3.40. The molecule has 0 aromatic carbocycles. The van der Waals surface area contributed by atoms with E-state index in [-0.39, 0.29) is 42.5 Å². The van der Waals surface area contributed by atoms with Crippen LogP contribution in [0.1, 0.15) is 56.7 Å². The lowest BCUT2D eigenvalue weighted by Gasteiger charge is -2.27. The molecule has 2 aliphatic rings. The Morgan fingerprint density at radius 1 is 1.21 bits per heavy atom. The number of hydrogen-bond donors (Lipinski definition) is 3. The molecular formula is C20H34IN5O2. The number of halogens is 1. The minimum atomic E-state index is 0. The lowest BCUT2D eigenvalue weighted by molar-refractivity contribution is -0.120. The van der Waals surface area contributed by atoms with Gasteiger partial charge < -0.3 is 20.4 Å². The highest BCUT2D eigenvalue weighted by atomic mass is 127. The van der Waals surface area contributed by atoms with Crippen molar-refractivity contribution in [2.45, 2.75) is 57.0 Å². The summed E-state index contributed by atoms with van der Waals surface area (Å²) in [7, 11) is 1.73. The molecule has 1 aromatic rings. The zero-order chi connectivity index (χ0) is 18.9. The van der Waals surface area contributed by atoms with Crippen LogP contribution in [0.2, 0.25) is 0 Å². The summed E-state index contributed by atoms with van der Waals surface area (Å²) in [5.41, 5.74) is 0. The predicted octanol–water partition coefficient (Wildman–Crippen LogP) is 2.65. The van der Waals surface area contributed by atoms with Gasteiger partial charge in [0, 0.05) is 19.6 Å². The smallest absolute Gasteiger partial charge is 0.239 e. The van der Waals surface area contributed by atoms with Gasteiger partial charge in [-0.05, 0) is 50.9 Å². The van der Waals surface area contributed by atoms with Gasteiger partial charge in [-0.1, -0.05) is 19.3 Å². The second-order valence-corrected chi connectivity index (χ2v) is 7.48. The fourth-order valence-corrected chi connectivity index (χ4v) is 4.05. The maximum absolute atomic E-state index is 12.2. The van der Waals surface area contributed by atoms with Crippen LogP contribution in [0.25, 0.3) is 0 Å². The quantitative estimate of drug-likeness (QED) is 0.303. The van der Waals surface area contributed by atoms with E-state index in [1.807, 2.05) is 12.1 Å². The first-order valence-electron chi connectivity index (χ1n) is 10.3. The first kappa shape index (κ1) is 23.0. The van der Waals surface area contributed by atoms with E-state index in [0.717, 1.165) is 31.7 Å². The third-order valence-corrected chi connectivity index (χ3v) is 5.53. The number of carbonyl (C=O) groups excluding carboxylic acids is 1. The molecule has 1 aliphatic heterocycles. The first-order valence-corrected chi connectivity index (χ1v) is 10.3. The molecule has 158 valence electrons. The van der Waals surface area contributed by atoms with Crippen molar-refractivity contribution in [1.82, 2.24) is 20.9 Å². The van der Waals surface area contributed by atoms with Crippen molar-refractivity contribution in [3.63, 3.8) is 0 Å². The fourth-order valence-electron chi connectivity index (χ4n) is 4.05. The molecule has 1 saturated heterocycles. The Hall–Kier alpha value is -1.29. The molecule has 1 amide bonds. The van der Waals surface area contributed by atoms with Gasteiger partial charge in [-0.15, -0.1) is 24.0 Å². The average molecular weight is 503 g/mol. The fraction of sp³-hybridized carbons (Fsp3) is 0.700. The highest BCUT2D eigenvalue weighted by Gasteiger charge is 2.25. The van der Waals surface area contributed by atoms with Crippen molar-refractivity contribution in [3.8, 4) is 0 Å². The van der Waals surface area contributed by atoms with Crippen LogP contribution in [0.4, 0.5) is 0 Å². The number of nitrogens with zero attached hydrogens (tertiary/aromatic N) is 2. The van der Waals surface area contributed by atoms with E-state index in [2.05, 4.69) is 25.8 Å². The first-order chi connectivity index (χ1) is 13.3. The number of rotatable bonds is 7. The molecule has 2 fully saturated rings. The number of carbonyl (C=O) groups is 1. The molecule has 2 heterocycles. The van der Waals surface area contributed by atoms with E-state index < -0.39 is 0 Å². The normalized spacial score (nSPS) is 19.7. The predicted molar refractivity (Wildman–Crippen MR) is 122 cm³/mol. The second-order valence-electron chi connectivity index (χ2n) is 7.48. The monoisotopic (exact) mass is 503 g/mol. The zero-order valence-electron chi connectivity index (χ0n) is 16.8. The maximum atomic E-state index is 12.2. The van der Waals surface area contributed by atoms with Crippen LogP contribution in [-0.4, -0.2) is 56.0 Å². The molecule has 3 N–H and O–H groups in total. The molecule has 0 bridgehead atoms. The number of likely N-dealkylation sites (tertiary alicyclic amines) is 1. The number of nitrogens with one attached hydrogen (secondary N) is 3. The van der Waals surface area contributed by atoms with Crippen molar-refractivity contribution in [2.75, 3.05) is 33.2 Å². The van der Waals surface area contributed by atoms with Crippen molar-refractivity contribution >= 4 is 35.8 Å². The maximum Gasteiger partial charge on any atom is 0.239 e. The molecule has 1 saturated carbocycles. The molecule has 1 aliphatic carbocycles. The van der Waals surface area contributed by atoms with Crippen molar-refractivity contribution in [3.05, 3.63) is 24.2 Å². The van der Waals surface area contributed by atoms with Crippen molar-refractivity contribution in [2.24, 2.45) is 4.99 Å². The number of guanidine groups is 1. The molecule has 0 radical (unpaired) electrons. The molecular weight excluding hydrogens is 469 g/mol. The van der Waals surface area contributed by atoms with Crippen LogP contribution < -0.4 is 16.0 Å². The molecule has 1 atom stereocenters. The zero-order valence-corrected chi connectivity index (χ0v) is 19.1. The van der Waals surface area contributed by atoms with Crippen molar-refractivity contribution in [1.29, 1.82) is 0 Å². The Morgan fingerprint density at radius 3 is 2.61 bits per heavy atom. The lowest BCUT2D eigenvalue weighted by atomic mass is 9.95. The third kappa shape index (κ3) is 6.95. The van der Waals surface area contributed by atoms with E-state index in [0.29, 0.717) is 18.5 Å². The van der Waals surface area contributed by atoms with E-state index >= 15 is 0 Å². The molecule has 1 aromatic heterocycles. The van der Waals surface area contributed by atoms with Gasteiger partial charge in [0.15, 0.2) is 5.96 Å². The van der Waals surface area contributed by atoms with E-state index in [4.69, 9.17) is 4.42 Å². The Balaban J connectivity index is 0.00000280. The van der Waals surface area contributed by atoms with Gasteiger partial charge >= 0.3 is 0 Å². The van der Waals surface area contributed by atoms with Crippen LogP contribution in [0.3, 0.4) is 0 Å². The number of amides is 1. The molecule has 3 rings (SSSR count). The Labute approximate surface area is 185 Å². The van der Waals surface area contributed by atoms with E-state index in [1.165, 1.54) is 32.1 Å². The molecule has 7 nitrogen and oxygen atoms in total. The topological polar surface area (TPSA) is 81.9 Å². The Bertz CT molecular complexity index is 596. The van der Waals surface area contributed by atoms with Gasteiger partial charge in [-0.2, -0.15) is 0 Å². The molecule has 8 heteroatoms. The minimum absolute atomic E-state index is 0. The standard InChI is InChI=1S/C20H33N5O2.HI/c1-21-20(23-15-19(26)24-16-8-3-2-4-9-16)22-14-17(18-10-7-13-27-18)25-11-5-6-12-25;/h7,10,13,16-17H,2-6,8-9,11-12,14-15H2,1H3,(H,24,26)(H2,21,22,23);1H. The van der Waals surface area contributed by atoms with Gasteiger partial charge in [0.2, 0.25) is 5.91 Å². The van der Waals surface area contributed by atoms with Crippen LogP contribution in [-0.2, 0) is 4.79 Å². The summed E-state index contributed by atoms with van der Waals surface area (Å²) >= 11 is 0. The summed E-state index contributed by atoms with van der Waals surface area (Å²) in [6.45, 7) is 3.11. The van der Waals surface area contributed by atoms with Crippen LogP contribution >= 0.6 is 24.0 Å². The summed E-state index contributed by atoms with van der Waals surface area (Å²) in [5, 5.41) is 9.60. The summed E-state index contributed by atoms with van der Waals surface area (Å²) in [4.78, 5) is 18.9. The van der Waals surface area contributed by atoms with Crippen LogP contribution in [0, 0.1) is 0 Å². The molecule has 0 spiro atoms. The van der Waals surface area contributed by atoms with E-state index in [9.17, 15) is 4.79 Å². The van der Waals surface area contributed by atoms with E-state index in [1.54, 1.807) is 13.3 Å². The second kappa shape index (κ2) is 12.3.